The largest absolute Gasteiger partial charge is 0.494 e. The molecule has 1 fully saturated rings. The van der Waals surface area contributed by atoms with Crippen molar-refractivity contribution in [3.63, 3.8) is 0 Å². The predicted octanol–water partition coefficient (Wildman–Crippen LogP) is 2.17. The monoisotopic (exact) mass is 302 g/mol. The van der Waals surface area contributed by atoms with Crippen LogP contribution < -0.4 is 15.6 Å². The van der Waals surface area contributed by atoms with Gasteiger partial charge in [-0.05, 0) is 25.0 Å². The van der Waals surface area contributed by atoms with Crippen molar-refractivity contribution in [1.82, 2.24) is 10.9 Å². The molecular formula is C12H12Cl2N2O3. The van der Waals surface area contributed by atoms with Crippen molar-refractivity contribution in [2.24, 2.45) is 5.92 Å². The van der Waals surface area contributed by atoms with Gasteiger partial charge in [-0.15, -0.1) is 0 Å². The molecule has 0 aromatic heterocycles. The van der Waals surface area contributed by atoms with Crippen LogP contribution in [0.2, 0.25) is 10.0 Å². The van der Waals surface area contributed by atoms with E-state index in [2.05, 4.69) is 10.9 Å². The molecule has 5 nitrogen and oxygen atoms in total. The highest BCUT2D eigenvalue weighted by Gasteiger charge is 2.29. The summed E-state index contributed by atoms with van der Waals surface area (Å²) < 4.78 is 4.98. The van der Waals surface area contributed by atoms with Gasteiger partial charge in [0.1, 0.15) is 0 Å². The first-order chi connectivity index (χ1) is 9.02. The maximum absolute atomic E-state index is 11.8. The molecule has 1 aromatic carbocycles. The van der Waals surface area contributed by atoms with Gasteiger partial charge in [-0.25, -0.2) is 0 Å². The Hall–Kier alpha value is -1.46. The summed E-state index contributed by atoms with van der Waals surface area (Å²) in [4.78, 5) is 23.2. The second-order valence-corrected chi connectivity index (χ2v) is 5.01. The Morgan fingerprint density at radius 3 is 2.26 bits per heavy atom. The zero-order valence-electron chi connectivity index (χ0n) is 10.1. The number of benzene rings is 1. The number of methoxy groups -OCH3 is 1. The molecule has 0 heterocycles. The molecule has 2 amide bonds. The minimum atomic E-state index is -0.486. The quantitative estimate of drug-likeness (QED) is 0.841. The first-order valence-electron chi connectivity index (χ1n) is 5.66. The third-order valence-electron chi connectivity index (χ3n) is 2.71. The molecule has 0 unspecified atom stereocenters. The van der Waals surface area contributed by atoms with E-state index in [1.807, 2.05) is 0 Å². The van der Waals surface area contributed by atoms with Gasteiger partial charge in [0.15, 0.2) is 5.75 Å². The average Bonchev–Trinajstić information content (AvgIpc) is 3.19. The first kappa shape index (κ1) is 14.0. The summed E-state index contributed by atoms with van der Waals surface area (Å²) in [5, 5.41) is 0.460. The van der Waals surface area contributed by atoms with Gasteiger partial charge in [-0.1, -0.05) is 23.2 Å². The minimum Gasteiger partial charge on any atom is -0.494 e. The molecule has 1 aliphatic carbocycles. The Bertz CT molecular complexity index is 507. The maximum Gasteiger partial charge on any atom is 0.269 e. The number of amides is 2. The molecule has 0 bridgehead atoms. The van der Waals surface area contributed by atoms with Crippen molar-refractivity contribution in [3.8, 4) is 5.75 Å². The summed E-state index contributed by atoms with van der Waals surface area (Å²) in [5.74, 6) is -0.343. The van der Waals surface area contributed by atoms with E-state index >= 15 is 0 Å². The van der Waals surface area contributed by atoms with Gasteiger partial charge >= 0.3 is 0 Å². The van der Waals surface area contributed by atoms with E-state index in [1.165, 1.54) is 19.2 Å². The van der Waals surface area contributed by atoms with Crippen LogP contribution in [0.4, 0.5) is 0 Å². The lowest BCUT2D eigenvalue weighted by Gasteiger charge is -2.10. The normalized spacial score (nSPS) is 13.8. The summed E-state index contributed by atoms with van der Waals surface area (Å²) in [6.07, 6.45) is 1.73. The third-order valence-corrected chi connectivity index (χ3v) is 3.27. The molecule has 2 rings (SSSR count). The molecule has 102 valence electrons. The summed E-state index contributed by atoms with van der Waals surface area (Å²) in [6, 6.07) is 2.84. The van der Waals surface area contributed by atoms with Crippen LogP contribution in [0.3, 0.4) is 0 Å². The standard InChI is InChI=1S/C12H12Cl2N2O3/c1-19-10-8(13)4-7(5-9(10)14)12(18)16-15-11(17)6-2-3-6/h4-6H,2-3H2,1H3,(H,15,17)(H,16,18). The van der Waals surface area contributed by atoms with Crippen molar-refractivity contribution in [2.45, 2.75) is 12.8 Å². The lowest BCUT2D eigenvalue weighted by molar-refractivity contribution is -0.123. The molecule has 0 atom stereocenters. The van der Waals surface area contributed by atoms with Crippen molar-refractivity contribution < 1.29 is 14.3 Å². The summed E-state index contributed by atoms with van der Waals surface area (Å²) in [5.41, 5.74) is 4.91. The summed E-state index contributed by atoms with van der Waals surface area (Å²) >= 11 is 11.9. The van der Waals surface area contributed by atoms with Crippen LogP contribution in [-0.2, 0) is 4.79 Å². The van der Waals surface area contributed by atoms with Crippen molar-refractivity contribution >= 4 is 35.0 Å². The number of hydrogen-bond acceptors (Lipinski definition) is 3. The van der Waals surface area contributed by atoms with Crippen molar-refractivity contribution in [2.75, 3.05) is 7.11 Å². The maximum atomic E-state index is 11.8. The van der Waals surface area contributed by atoms with Crippen LogP contribution in [0, 0.1) is 5.92 Å². The smallest absolute Gasteiger partial charge is 0.269 e. The average molecular weight is 303 g/mol. The second kappa shape index (κ2) is 5.67. The van der Waals surface area contributed by atoms with E-state index < -0.39 is 5.91 Å². The molecule has 2 N–H and O–H groups in total. The van der Waals surface area contributed by atoms with Crippen molar-refractivity contribution in [3.05, 3.63) is 27.7 Å². The van der Waals surface area contributed by atoms with Gasteiger partial charge in [-0.3, -0.25) is 20.4 Å². The number of ether oxygens (including phenoxy) is 1. The molecule has 0 aliphatic heterocycles. The SMILES string of the molecule is COc1c(Cl)cc(C(=O)NNC(=O)C2CC2)cc1Cl. The molecular weight excluding hydrogens is 291 g/mol. The molecule has 7 heteroatoms. The fourth-order valence-electron chi connectivity index (χ4n) is 1.52. The van der Waals surface area contributed by atoms with Crippen LogP contribution in [0.5, 0.6) is 5.75 Å². The number of nitrogens with one attached hydrogen (secondary N) is 2. The lowest BCUT2D eigenvalue weighted by atomic mass is 10.2. The zero-order valence-corrected chi connectivity index (χ0v) is 11.6. The summed E-state index contributed by atoms with van der Waals surface area (Å²) in [7, 11) is 1.43. The highest BCUT2D eigenvalue weighted by atomic mass is 35.5. The van der Waals surface area contributed by atoms with Gasteiger partial charge < -0.3 is 4.74 Å². The number of rotatable bonds is 3. The fraction of sp³-hybridized carbons (Fsp3) is 0.333. The minimum absolute atomic E-state index is 0.0170. The number of carbonyl (C=O) groups is 2. The Labute approximate surface area is 120 Å². The van der Waals surface area contributed by atoms with Gasteiger partial charge in [0.2, 0.25) is 5.91 Å². The van der Waals surface area contributed by atoms with E-state index in [4.69, 9.17) is 27.9 Å². The highest BCUT2D eigenvalue weighted by Crippen LogP contribution is 2.33. The second-order valence-electron chi connectivity index (χ2n) is 4.19. The molecule has 19 heavy (non-hydrogen) atoms. The van der Waals surface area contributed by atoms with E-state index in [9.17, 15) is 9.59 Å². The Balaban J connectivity index is 2.04. The van der Waals surface area contributed by atoms with E-state index in [0.29, 0.717) is 5.75 Å². The Morgan fingerprint density at radius 2 is 1.79 bits per heavy atom. The van der Waals surface area contributed by atoms with Crippen LogP contribution in [0.1, 0.15) is 23.2 Å². The number of hydrazine groups is 1. The predicted molar refractivity (Wildman–Crippen MR) is 71.3 cm³/mol. The van der Waals surface area contributed by atoms with Crippen LogP contribution >= 0.6 is 23.2 Å². The Morgan fingerprint density at radius 1 is 1.21 bits per heavy atom. The van der Waals surface area contributed by atoms with Crippen LogP contribution in [0.25, 0.3) is 0 Å². The summed E-state index contributed by atoms with van der Waals surface area (Å²) in [6.45, 7) is 0. The molecule has 1 aliphatic rings. The molecule has 1 saturated carbocycles. The number of carbonyl (C=O) groups excluding carboxylic acids is 2. The van der Waals surface area contributed by atoms with Gasteiger partial charge in [0, 0.05) is 11.5 Å². The number of hydrogen-bond donors (Lipinski definition) is 2. The fourth-order valence-corrected chi connectivity index (χ4v) is 2.17. The van der Waals surface area contributed by atoms with Gasteiger partial charge in [-0.2, -0.15) is 0 Å². The molecule has 1 aromatic rings. The van der Waals surface area contributed by atoms with Gasteiger partial charge in [0.05, 0.1) is 17.2 Å². The molecule has 0 spiro atoms. The highest BCUT2D eigenvalue weighted by molar-refractivity contribution is 6.37. The first-order valence-corrected chi connectivity index (χ1v) is 6.41. The Kier molecular flexibility index (Phi) is 4.17. The van der Waals surface area contributed by atoms with Crippen LogP contribution in [-0.4, -0.2) is 18.9 Å². The van der Waals surface area contributed by atoms with Crippen LogP contribution in [0.15, 0.2) is 12.1 Å². The zero-order chi connectivity index (χ0) is 14.0. The third kappa shape index (κ3) is 3.30. The van der Waals surface area contributed by atoms with E-state index in [-0.39, 0.29) is 27.4 Å². The van der Waals surface area contributed by atoms with Crippen molar-refractivity contribution in [1.29, 1.82) is 0 Å². The number of halogens is 2. The van der Waals surface area contributed by atoms with E-state index in [0.717, 1.165) is 12.8 Å². The van der Waals surface area contributed by atoms with Gasteiger partial charge in [0.25, 0.3) is 5.91 Å². The molecule has 0 radical (unpaired) electrons. The van der Waals surface area contributed by atoms with E-state index in [1.54, 1.807) is 0 Å². The topological polar surface area (TPSA) is 67.4 Å². The lowest BCUT2D eigenvalue weighted by Crippen LogP contribution is -2.42. The molecule has 0 saturated heterocycles.